The van der Waals surface area contributed by atoms with Crippen LogP contribution in [0.15, 0.2) is 24.5 Å². The van der Waals surface area contributed by atoms with Gasteiger partial charge in [-0.1, -0.05) is 6.92 Å². The number of rotatable bonds is 4. The number of nitrogens with zero attached hydrogens (tertiary/aromatic N) is 6. The van der Waals surface area contributed by atoms with Crippen molar-refractivity contribution in [3.8, 4) is 11.1 Å². The minimum atomic E-state index is -2.62. The predicted molar refractivity (Wildman–Crippen MR) is 146 cm³/mol. The zero-order valence-corrected chi connectivity index (χ0v) is 23.0. The van der Waals surface area contributed by atoms with Crippen LogP contribution in [0.5, 0.6) is 0 Å². The Morgan fingerprint density at radius 1 is 1.13 bits per heavy atom. The number of urea groups is 1. The number of fused-ring (bicyclic) bond motifs is 2. The van der Waals surface area contributed by atoms with Gasteiger partial charge in [0, 0.05) is 67.9 Å². The summed E-state index contributed by atoms with van der Waals surface area (Å²) in [5.41, 5.74) is 5.32. The van der Waals surface area contributed by atoms with E-state index in [1.165, 1.54) is 18.5 Å². The highest BCUT2D eigenvalue weighted by Gasteiger charge is 2.35. The molecule has 6 rings (SSSR count). The van der Waals surface area contributed by atoms with Gasteiger partial charge in [0.1, 0.15) is 0 Å². The van der Waals surface area contributed by atoms with E-state index in [0.717, 1.165) is 60.7 Å². The molecular weight excluding hydrogens is 500 g/mol. The fraction of sp³-hybridized carbons (Fsp3) is 0.552. The van der Waals surface area contributed by atoms with E-state index in [2.05, 4.69) is 26.9 Å². The van der Waals surface area contributed by atoms with Crippen LogP contribution in [0, 0.1) is 5.92 Å². The number of carbonyl (C=O) groups excluding carboxylic acids is 1. The van der Waals surface area contributed by atoms with E-state index in [0.29, 0.717) is 36.8 Å². The van der Waals surface area contributed by atoms with Crippen molar-refractivity contribution in [2.45, 2.75) is 70.9 Å². The predicted octanol–water partition coefficient (Wildman–Crippen LogP) is 5.75. The Balaban J connectivity index is 1.45. The molecule has 39 heavy (non-hydrogen) atoms. The topological polar surface area (TPSA) is 71.2 Å². The number of amides is 2. The number of halogens is 2. The molecule has 1 aromatic carbocycles. The number of nitrogens with one attached hydrogen (secondary N) is 1. The number of aromatic nitrogens is 4. The molecule has 0 bridgehead atoms. The van der Waals surface area contributed by atoms with Crippen LogP contribution in [0.1, 0.15) is 73.9 Å². The third kappa shape index (κ3) is 4.67. The maximum atomic E-state index is 14.4. The second kappa shape index (κ2) is 10.3. The van der Waals surface area contributed by atoms with Crippen LogP contribution in [0.2, 0.25) is 0 Å². The van der Waals surface area contributed by atoms with Gasteiger partial charge in [-0.25, -0.2) is 13.6 Å². The van der Waals surface area contributed by atoms with Crippen LogP contribution in [0.4, 0.5) is 25.1 Å². The lowest BCUT2D eigenvalue weighted by Crippen LogP contribution is -2.42. The third-order valence-electron chi connectivity index (χ3n) is 8.77. The molecule has 0 spiro atoms. The summed E-state index contributed by atoms with van der Waals surface area (Å²) < 4.78 is 32.7. The van der Waals surface area contributed by atoms with Gasteiger partial charge in [0.25, 0.3) is 6.43 Å². The lowest BCUT2D eigenvalue weighted by Gasteiger charge is -2.33. The van der Waals surface area contributed by atoms with Crippen molar-refractivity contribution in [3.63, 3.8) is 0 Å². The SMILES string of the molecule is CNC(=O)N1CCc2c(c(N3CCCc4cc(-c5cnn(C)c5)c(C(F)F)cc43)nn2C2CCC(C)CC2)C1. The summed E-state index contributed by atoms with van der Waals surface area (Å²) in [6, 6.07) is 3.81. The Bertz CT molecular complexity index is 1370. The van der Waals surface area contributed by atoms with Crippen LogP contribution in [-0.4, -0.2) is 50.6 Å². The Kier molecular flexibility index (Phi) is 6.81. The smallest absolute Gasteiger partial charge is 0.317 e. The molecule has 0 radical (unpaired) electrons. The van der Waals surface area contributed by atoms with Crippen molar-refractivity contribution in [2.75, 3.05) is 25.0 Å². The van der Waals surface area contributed by atoms with E-state index in [9.17, 15) is 13.6 Å². The number of benzene rings is 1. The molecule has 2 aromatic heterocycles. The number of aryl methyl sites for hydroxylation is 2. The summed E-state index contributed by atoms with van der Waals surface area (Å²) in [5, 5.41) is 12.2. The van der Waals surface area contributed by atoms with E-state index in [1.54, 1.807) is 37.2 Å². The first-order valence-electron chi connectivity index (χ1n) is 14.1. The van der Waals surface area contributed by atoms with Crippen molar-refractivity contribution < 1.29 is 13.6 Å². The molecule has 0 saturated heterocycles. The molecule has 1 saturated carbocycles. The van der Waals surface area contributed by atoms with Gasteiger partial charge in [-0.3, -0.25) is 9.36 Å². The molecular formula is C29H37F2N7O. The van der Waals surface area contributed by atoms with Gasteiger partial charge >= 0.3 is 6.03 Å². The highest BCUT2D eigenvalue weighted by Crippen LogP contribution is 2.44. The fourth-order valence-corrected chi connectivity index (χ4v) is 6.63. The van der Waals surface area contributed by atoms with Crippen molar-refractivity contribution in [2.24, 2.45) is 13.0 Å². The van der Waals surface area contributed by atoms with E-state index < -0.39 is 6.43 Å². The van der Waals surface area contributed by atoms with E-state index in [4.69, 9.17) is 5.10 Å². The minimum absolute atomic E-state index is 0.00945. The number of hydrogen-bond donors (Lipinski definition) is 1. The average molecular weight is 538 g/mol. The molecule has 1 aliphatic carbocycles. The second-order valence-corrected chi connectivity index (χ2v) is 11.4. The number of anilines is 2. The van der Waals surface area contributed by atoms with Crippen LogP contribution in [0.3, 0.4) is 0 Å². The summed E-state index contributed by atoms with van der Waals surface area (Å²) >= 11 is 0. The largest absolute Gasteiger partial charge is 0.341 e. The Morgan fingerprint density at radius 2 is 1.92 bits per heavy atom. The standard InChI is InChI=1S/C29H37F2N7O/c1-18-6-8-21(9-7-18)38-25-10-12-36(29(39)32-2)17-24(25)28(34-38)37-11-4-5-19-13-22(20-15-33-35(3)16-20)23(27(30)31)14-26(19)37/h13-16,18,21,27H,4-12,17H2,1-3H3,(H,32,39). The molecule has 4 heterocycles. The molecule has 0 atom stereocenters. The molecule has 1 fully saturated rings. The van der Waals surface area contributed by atoms with E-state index >= 15 is 0 Å². The first-order chi connectivity index (χ1) is 18.8. The summed E-state index contributed by atoms with van der Waals surface area (Å²) in [7, 11) is 3.44. The Labute approximate surface area is 228 Å². The molecule has 1 N–H and O–H groups in total. The van der Waals surface area contributed by atoms with Gasteiger partial charge in [-0.2, -0.15) is 10.2 Å². The molecule has 208 valence electrons. The first kappa shape index (κ1) is 25.8. The second-order valence-electron chi connectivity index (χ2n) is 11.4. The normalized spacial score (nSPS) is 21.2. The van der Waals surface area contributed by atoms with Crippen molar-refractivity contribution >= 4 is 17.5 Å². The summed E-state index contributed by atoms with van der Waals surface area (Å²) in [6.45, 7) is 4.12. The molecule has 10 heteroatoms. The van der Waals surface area contributed by atoms with Crippen molar-refractivity contribution in [1.82, 2.24) is 29.8 Å². The highest BCUT2D eigenvalue weighted by molar-refractivity contribution is 5.78. The molecule has 0 unspecified atom stereocenters. The van der Waals surface area contributed by atoms with Gasteiger partial charge < -0.3 is 15.1 Å². The van der Waals surface area contributed by atoms with Crippen molar-refractivity contribution in [1.29, 1.82) is 0 Å². The van der Waals surface area contributed by atoms with Crippen molar-refractivity contribution in [3.05, 3.63) is 46.9 Å². The first-order valence-corrected chi connectivity index (χ1v) is 14.1. The zero-order chi connectivity index (χ0) is 27.3. The van der Waals surface area contributed by atoms with E-state index in [-0.39, 0.29) is 11.6 Å². The lowest BCUT2D eigenvalue weighted by atomic mass is 9.87. The van der Waals surface area contributed by atoms with E-state index in [1.807, 2.05) is 11.0 Å². The third-order valence-corrected chi connectivity index (χ3v) is 8.77. The van der Waals surface area contributed by atoms with Crippen LogP contribution in [0.25, 0.3) is 11.1 Å². The molecule has 2 amide bonds. The Morgan fingerprint density at radius 3 is 2.62 bits per heavy atom. The van der Waals surface area contributed by atoms with Crippen LogP contribution in [-0.2, 0) is 26.4 Å². The Hall–Kier alpha value is -3.43. The number of alkyl halides is 2. The highest BCUT2D eigenvalue weighted by atomic mass is 19.3. The molecule has 3 aromatic rings. The lowest BCUT2D eigenvalue weighted by molar-refractivity contribution is 0.152. The van der Waals surface area contributed by atoms with Gasteiger partial charge in [-0.15, -0.1) is 0 Å². The fourth-order valence-electron chi connectivity index (χ4n) is 6.63. The zero-order valence-electron chi connectivity index (χ0n) is 23.0. The monoisotopic (exact) mass is 537 g/mol. The quantitative estimate of drug-likeness (QED) is 0.460. The summed E-state index contributed by atoms with van der Waals surface area (Å²) in [5.74, 6) is 1.54. The minimum Gasteiger partial charge on any atom is -0.341 e. The summed E-state index contributed by atoms with van der Waals surface area (Å²) in [6.07, 6.45) is 7.81. The molecule has 8 nitrogen and oxygen atoms in total. The van der Waals surface area contributed by atoms with Gasteiger partial charge in [0.05, 0.1) is 18.8 Å². The van der Waals surface area contributed by atoms with Crippen LogP contribution >= 0.6 is 0 Å². The van der Waals surface area contributed by atoms with Gasteiger partial charge in [0.2, 0.25) is 0 Å². The average Bonchev–Trinajstić information content (AvgIpc) is 3.55. The van der Waals surface area contributed by atoms with Gasteiger partial charge in [0.15, 0.2) is 5.82 Å². The summed E-state index contributed by atoms with van der Waals surface area (Å²) in [4.78, 5) is 16.5. The molecule has 2 aliphatic heterocycles. The number of carbonyl (C=O) groups is 1. The number of hydrogen-bond acceptors (Lipinski definition) is 4. The maximum Gasteiger partial charge on any atom is 0.317 e. The maximum absolute atomic E-state index is 14.4. The molecule has 3 aliphatic rings. The van der Waals surface area contributed by atoms with Gasteiger partial charge in [-0.05, 0) is 67.7 Å². The van der Waals surface area contributed by atoms with Crippen LogP contribution < -0.4 is 10.2 Å².